The van der Waals surface area contributed by atoms with Gasteiger partial charge < -0.3 is 9.47 Å². The maximum absolute atomic E-state index is 12.9. The van der Waals surface area contributed by atoms with Crippen LogP contribution in [0.25, 0.3) is 11.4 Å². The summed E-state index contributed by atoms with van der Waals surface area (Å²) >= 11 is 3.32. The van der Waals surface area contributed by atoms with E-state index in [1.54, 1.807) is 28.8 Å². The molecule has 0 spiro atoms. The van der Waals surface area contributed by atoms with E-state index in [1.807, 2.05) is 7.05 Å². The number of rotatable bonds is 2. The molecule has 1 aliphatic rings. The Morgan fingerprint density at radius 1 is 1.19 bits per heavy atom. The molecule has 2 aromatic rings. The zero-order valence-electron chi connectivity index (χ0n) is 11.2. The molecule has 0 unspecified atom stereocenters. The Balaban J connectivity index is 2.04. The lowest BCUT2D eigenvalue weighted by Gasteiger charge is -2.37. The molecular weight excluding hydrogens is 347 g/mol. The first kappa shape index (κ1) is 14.6. The Hall–Kier alpha value is -1.34. The number of halogens is 4. The molecule has 0 N–H and O–H groups in total. The molecule has 21 heavy (non-hydrogen) atoms. The van der Waals surface area contributed by atoms with Gasteiger partial charge in [-0.25, -0.2) is 4.98 Å². The van der Waals surface area contributed by atoms with Crippen molar-refractivity contribution in [3.63, 3.8) is 0 Å². The highest BCUT2D eigenvalue weighted by molar-refractivity contribution is 9.10. The third-order valence-electron chi connectivity index (χ3n) is 3.56. The zero-order valence-corrected chi connectivity index (χ0v) is 12.8. The summed E-state index contributed by atoms with van der Waals surface area (Å²) in [6.45, 7) is 1.47. The van der Waals surface area contributed by atoms with Gasteiger partial charge in [-0.1, -0.05) is 28.1 Å². The molecule has 3 nitrogen and oxygen atoms in total. The van der Waals surface area contributed by atoms with Gasteiger partial charge >= 0.3 is 6.18 Å². The van der Waals surface area contributed by atoms with Crippen LogP contribution < -0.4 is 0 Å². The smallest absolute Gasteiger partial charge is 0.325 e. The molecule has 112 valence electrons. The Labute approximate surface area is 128 Å². The van der Waals surface area contributed by atoms with Crippen LogP contribution in [0.15, 0.2) is 34.9 Å². The van der Waals surface area contributed by atoms with Gasteiger partial charge in [0.15, 0.2) is 5.69 Å². The van der Waals surface area contributed by atoms with E-state index in [0.717, 1.165) is 23.8 Å². The summed E-state index contributed by atoms with van der Waals surface area (Å²) in [4.78, 5) is 5.87. The Kier molecular flexibility index (Phi) is 3.57. The highest BCUT2D eigenvalue weighted by atomic mass is 79.9. The maximum atomic E-state index is 12.9. The fourth-order valence-corrected chi connectivity index (χ4v) is 2.73. The quantitative estimate of drug-likeness (QED) is 0.812. The molecule has 1 aliphatic heterocycles. The standard InChI is InChI=1S/C14H13BrF3N3/c1-20-6-11(7-20)21-8-12(14(16,17)18)19-13(21)9-2-4-10(15)5-3-9/h2-5,8,11H,6-7H2,1H3. The molecule has 1 saturated heterocycles. The normalized spacial score (nSPS) is 17.0. The first-order valence-electron chi connectivity index (χ1n) is 6.45. The molecule has 7 heteroatoms. The highest BCUT2D eigenvalue weighted by Gasteiger charge is 2.37. The predicted octanol–water partition coefficient (Wildman–Crippen LogP) is 3.82. The molecule has 0 radical (unpaired) electrons. The SMILES string of the molecule is CN1CC(n2cc(C(F)(F)F)nc2-c2ccc(Br)cc2)C1. The number of hydrogen-bond donors (Lipinski definition) is 0. The molecule has 0 amide bonds. The summed E-state index contributed by atoms with van der Waals surface area (Å²) < 4.78 is 41.3. The zero-order chi connectivity index (χ0) is 15.2. The van der Waals surface area contributed by atoms with E-state index in [-0.39, 0.29) is 6.04 Å². The molecule has 1 aromatic carbocycles. The number of hydrogen-bond acceptors (Lipinski definition) is 2. The van der Waals surface area contributed by atoms with Crippen LogP contribution in [0.4, 0.5) is 13.2 Å². The number of nitrogens with zero attached hydrogens (tertiary/aromatic N) is 3. The highest BCUT2D eigenvalue weighted by Crippen LogP contribution is 2.34. The van der Waals surface area contributed by atoms with Crippen molar-refractivity contribution in [2.75, 3.05) is 20.1 Å². The van der Waals surface area contributed by atoms with Crippen molar-refractivity contribution in [3.8, 4) is 11.4 Å². The number of alkyl halides is 3. The van der Waals surface area contributed by atoms with Crippen molar-refractivity contribution in [2.45, 2.75) is 12.2 Å². The second-order valence-electron chi connectivity index (χ2n) is 5.24. The third-order valence-corrected chi connectivity index (χ3v) is 4.09. The van der Waals surface area contributed by atoms with Gasteiger partial charge in [-0.3, -0.25) is 0 Å². The lowest BCUT2D eigenvalue weighted by molar-refractivity contribution is -0.141. The summed E-state index contributed by atoms with van der Waals surface area (Å²) in [6.07, 6.45) is -3.31. The van der Waals surface area contributed by atoms with Crippen LogP contribution in [0.2, 0.25) is 0 Å². The van der Waals surface area contributed by atoms with Gasteiger partial charge in [0.1, 0.15) is 5.82 Å². The largest absolute Gasteiger partial charge is 0.434 e. The van der Waals surface area contributed by atoms with Crippen molar-refractivity contribution in [1.82, 2.24) is 14.5 Å². The second-order valence-corrected chi connectivity index (χ2v) is 6.15. The summed E-state index contributed by atoms with van der Waals surface area (Å²) in [5, 5.41) is 0. The van der Waals surface area contributed by atoms with Gasteiger partial charge in [-0.15, -0.1) is 0 Å². The van der Waals surface area contributed by atoms with Crippen molar-refractivity contribution < 1.29 is 13.2 Å². The van der Waals surface area contributed by atoms with Crippen LogP contribution in [-0.4, -0.2) is 34.6 Å². The van der Waals surface area contributed by atoms with Gasteiger partial charge in [-0.2, -0.15) is 13.2 Å². The van der Waals surface area contributed by atoms with Crippen molar-refractivity contribution in [1.29, 1.82) is 0 Å². The monoisotopic (exact) mass is 359 g/mol. The first-order valence-corrected chi connectivity index (χ1v) is 7.24. The van der Waals surface area contributed by atoms with Gasteiger partial charge in [0, 0.05) is 29.3 Å². The van der Waals surface area contributed by atoms with E-state index in [1.165, 1.54) is 0 Å². The third kappa shape index (κ3) is 2.85. The average molecular weight is 360 g/mol. The maximum Gasteiger partial charge on any atom is 0.434 e. The van der Waals surface area contributed by atoms with Crippen molar-refractivity contribution in [3.05, 3.63) is 40.6 Å². The molecule has 0 saturated carbocycles. The minimum atomic E-state index is -4.43. The average Bonchev–Trinajstić information content (AvgIpc) is 2.80. The van der Waals surface area contributed by atoms with Crippen molar-refractivity contribution in [2.24, 2.45) is 0 Å². The first-order chi connectivity index (χ1) is 9.84. The second kappa shape index (κ2) is 5.14. The Bertz CT molecular complexity index is 642. The fraction of sp³-hybridized carbons (Fsp3) is 0.357. The molecule has 0 aliphatic carbocycles. The Morgan fingerprint density at radius 2 is 1.81 bits per heavy atom. The summed E-state index contributed by atoms with van der Waals surface area (Å²) in [5.41, 5.74) is -0.154. The van der Waals surface area contributed by atoms with E-state index < -0.39 is 11.9 Å². The molecule has 1 aromatic heterocycles. The number of likely N-dealkylation sites (N-methyl/N-ethyl adjacent to an activating group) is 1. The van der Waals surface area contributed by atoms with Crippen LogP contribution in [0.5, 0.6) is 0 Å². The van der Waals surface area contributed by atoms with E-state index >= 15 is 0 Å². The van der Waals surface area contributed by atoms with Gasteiger partial charge in [-0.05, 0) is 19.2 Å². The van der Waals surface area contributed by atoms with E-state index in [4.69, 9.17) is 0 Å². The fourth-order valence-electron chi connectivity index (χ4n) is 2.46. The molecular formula is C14H13BrF3N3. The lowest BCUT2D eigenvalue weighted by atomic mass is 10.1. The van der Waals surface area contributed by atoms with Crippen LogP contribution in [0, 0.1) is 0 Å². The molecule has 1 fully saturated rings. The van der Waals surface area contributed by atoms with Crippen LogP contribution >= 0.6 is 15.9 Å². The predicted molar refractivity (Wildman–Crippen MR) is 76.9 cm³/mol. The van der Waals surface area contributed by atoms with E-state index in [0.29, 0.717) is 11.4 Å². The lowest BCUT2D eigenvalue weighted by Crippen LogP contribution is -2.44. The minimum absolute atomic E-state index is 0.0391. The summed E-state index contributed by atoms with van der Waals surface area (Å²) in [7, 11) is 1.94. The summed E-state index contributed by atoms with van der Waals surface area (Å²) in [5.74, 6) is 0.368. The van der Waals surface area contributed by atoms with Crippen LogP contribution in [-0.2, 0) is 6.18 Å². The van der Waals surface area contributed by atoms with Crippen LogP contribution in [0.1, 0.15) is 11.7 Å². The minimum Gasteiger partial charge on any atom is -0.325 e. The van der Waals surface area contributed by atoms with Crippen molar-refractivity contribution >= 4 is 15.9 Å². The number of likely N-dealkylation sites (tertiary alicyclic amines) is 1. The number of aromatic nitrogens is 2. The van der Waals surface area contributed by atoms with Gasteiger partial charge in [0.2, 0.25) is 0 Å². The van der Waals surface area contributed by atoms with E-state index in [2.05, 4.69) is 25.8 Å². The molecule has 2 heterocycles. The van der Waals surface area contributed by atoms with Gasteiger partial charge in [0.05, 0.1) is 6.04 Å². The molecule has 0 atom stereocenters. The van der Waals surface area contributed by atoms with Gasteiger partial charge in [0.25, 0.3) is 0 Å². The van der Waals surface area contributed by atoms with E-state index in [9.17, 15) is 13.2 Å². The molecule has 3 rings (SSSR count). The Morgan fingerprint density at radius 3 is 2.33 bits per heavy atom. The van der Waals surface area contributed by atoms with Crippen LogP contribution in [0.3, 0.4) is 0 Å². The summed E-state index contributed by atoms with van der Waals surface area (Å²) in [6, 6.07) is 7.18. The molecule has 0 bridgehead atoms. The number of benzene rings is 1. The number of imidazole rings is 1. The topological polar surface area (TPSA) is 21.1 Å².